The van der Waals surface area contributed by atoms with Crippen molar-refractivity contribution in [1.82, 2.24) is 24.9 Å². The number of aromatic hydroxyl groups is 1. The highest BCUT2D eigenvalue weighted by Crippen LogP contribution is 2.26. The third-order valence-corrected chi connectivity index (χ3v) is 4.80. The van der Waals surface area contributed by atoms with Crippen LogP contribution in [-0.2, 0) is 0 Å². The van der Waals surface area contributed by atoms with Crippen molar-refractivity contribution in [3.05, 3.63) is 47.4 Å². The molecule has 0 spiro atoms. The summed E-state index contributed by atoms with van der Waals surface area (Å²) < 4.78 is 28.9. The molecule has 3 N–H and O–H groups in total. The molecule has 1 aliphatic carbocycles. The van der Waals surface area contributed by atoms with Crippen LogP contribution in [0.1, 0.15) is 48.1 Å². The van der Waals surface area contributed by atoms with Crippen LogP contribution in [0.25, 0.3) is 5.65 Å². The molecule has 146 valence electrons. The molecule has 0 saturated heterocycles. The summed E-state index contributed by atoms with van der Waals surface area (Å²) in [6.07, 6.45) is 5.15. The van der Waals surface area contributed by atoms with Gasteiger partial charge in [0.25, 0.3) is 5.91 Å². The Hall–Kier alpha value is -3.30. The first-order chi connectivity index (χ1) is 13.4. The monoisotopic (exact) mass is 388 g/mol. The number of anilines is 1. The molecule has 28 heavy (non-hydrogen) atoms. The first-order valence-corrected chi connectivity index (χ1v) is 8.89. The number of nitrogens with one attached hydrogen (secondary N) is 2. The number of rotatable bonds is 5. The number of fused-ring (bicyclic) bond motifs is 1. The fourth-order valence-corrected chi connectivity index (χ4v) is 3.05. The SMILES string of the molecule is C[C@@H](Nc1ccn2nc(F)c(C(=O)NC3CCC3)c2n1)c1cc(F)cnc1O. The first-order valence-electron chi connectivity index (χ1n) is 8.89. The van der Waals surface area contributed by atoms with Crippen LogP contribution >= 0.6 is 0 Å². The molecule has 3 heterocycles. The number of carbonyl (C=O) groups is 1. The lowest BCUT2D eigenvalue weighted by Crippen LogP contribution is -2.39. The van der Waals surface area contributed by atoms with Crippen molar-refractivity contribution in [2.75, 3.05) is 5.32 Å². The molecule has 1 amide bonds. The lowest BCUT2D eigenvalue weighted by Gasteiger charge is -2.26. The van der Waals surface area contributed by atoms with Gasteiger partial charge in [0.2, 0.25) is 11.8 Å². The highest BCUT2D eigenvalue weighted by molar-refractivity contribution is 6.00. The topological polar surface area (TPSA) is 104 Å². The van der Waals surface area contributed by atoms with Crippen molar-refractivity contribution >= 4 is 17.4 Å². The Balaban J connectivity index is 1.62. The van der Waals surface area contributed by atoms with Crippen LogP contribution in [-0.4, -0.2) is 36.6 Å². The molecular formula is C18H18F2N6O2. The molecule has 0 bridgehead atoms. The third-order valence-electron chi connectivity index (χ3n) is 4.80. The molecule has 1 fully saturated rings. The summed E-state index contributed by atoms with van der Waals surface area (Å²) >= 11 is 0. The predicted molar refractivity (Wildman–Crippen MR) is 95.9 cm³/mol. The Morgan fingerprint density at radius 2 is 2.18 bits per heavy atom. The Bertz CT molecular complexity index is 1050. The smallest absolute Gasteiger partial charge is 0.260 e. The van der Waals surface area contributed by atoms with Gasteiger partial charge in [-0.15, -0.1) is 5.10 Å². The van der Waals surface area contributed by atoms with Crippen molar-refractivity contribution in [1.29, 1.82) is 0 Å². The second kappa shape index (κ2) is 7.02. The molecule has 10 heteroatoms. The third kappa shape index (κ3) is 3.32. The van der Waals surface area contributed by atoms with E-state index in [1.807, 2.05) is 0 Å². The van der Waals surface area contributed by atoms with Crippen LogP contribution in [0, 0.1) is 11.8 Å². The molecule has 1 aliphatic rings. The maximum absolute atomic E-state index is 14.2. The molecule has 4 rings (SSSR count). The zero-order chi connectivity index (χ0) is 19.8. The maximum Gasteiger partial charge on any atom is 0.260 e. The van der Waals surface area contributed by atoms with Gasteiger partial charge in [0, 0.05) is 17.8 Å². The lowest BCUT2D eigenvalue weighted by atomic mass is 9.93. The van der Waals surface area contributed by atoms with Gasteiger partial charge in [0.1, 0.15) is 17.2 Å². The molecular weight excluding hydrogens is 370 g/mol. The zero-order valence-electron chi connectivity index (χ0n) is 15.0. The van der Waals surface area contributed by atoms with Gasteiger partial charge in [0.15, 0.2) is 5.65 Å². The lowest BCUT2D eigenvalue weighted by molar-refractivity contribution is 0.0914. The molecule has 0 unspecified atom stereocenters. The van der Waals surface area contributed by atoms with Gasteiger partial charge in [-0.3, -0.25) is 4.79 Å². The van der Waals surface area contributed by atoms with Gasteiger partial charge >= 0.3 is 0 Å². The summed E-state index contributed by atoms with van der Waals surface area (Å²) in [5, 5.41) is 19.3. The molecule has 8 nitrogen and oxygen atoms in total. The Kier molecular flexibility index (Phi) is 4.54. The summed E-state index contributed by atoms with van der Waals surface area (Å²) in [4.78, 5) is 20.3. The van der Waals surface area contributed by atoms with E-state index in [2.05, 4.69) is 25.7 Å². The van der Waals surface area contributed by atoms with Gasteiger partial charge in [-0.1, -0.05) is 0 Å². The standard InChI is InChI=1S/C18H18F2N6O2/c1-9(12-7-10(19)8-21-17(12)27)22-13-5-6-26-16(24-13)14(15(20)25-26)18(28)23-11-3-2-4-11/h5-9,11H,2-4H2,1H3,(H,21,27)(H,22,24)(H,23,28)/t9-/m1/s1. The van der Waals surface area contributed by atoms with Crippen LogP contribution in [0.3, 0.4) is 0 Å². The number of nitrogens with zero attached hydrogens (tertiary/aromatic N) is 4. The van der Waals surface area contributed by atoms with E-state index in [0.29, 0.717) is 5.82 Å². The summed E-state index contributed by atoms with van der Waals surface area (Å²) in [5.74, 6) is -2.04. The fraction of sp³-hybridized carbons (Fsp3) is 0.333. The predicted octanol–water partition coefficient (Wildman–Crippen LogP) is 2.56. The number of amides is 1. The van der Waals surface area contributed by atoms with Crippen LogP contribution in [0.4, 0.5) is 14.6 Å². The van der Waals surface area contributed by atoms with E-state index in [4.69, 9.17) is 0 Å². The van der Waals surface area contributed by atoms with Gasteiger partial charge in [-0.25, -0.2) is 18.9 Å². The number of halogens is 2. The van der Waals surface area contributed by atoms with Crippen molar-refractivity contribution in [3.8, 4) is 5.88 Å². The fourth-order valence-electron chi connectivity index (χ4n) is 3.05. The maximum atomic E-state index is 14.2. The van der Waals surface area contributed by atoms with Crippen molar-refractivity contribution < 1.29 is 18.7 Å². The highest BCUT2D eigenvalue weighted by atomic mass is 19.1. The van der Waals surface area contributed by atoms with Gasteiger partial charge in [0.05, 0.1) is 12.2 Å². The quantitative estimate of drug-likeness (QED) is 0.621. The van der Waals surface area contributed by atoms with Crippen molar-refractivity contribution in [2.45, 2.75) is 38.3 Å². The molecule has 1 saturated carbocycles. The number of aromatic nitrogens is 4. The Labute approximate surface area is 158 Å². The van der Waals surface area contributed by atoms with E-state index in [-0.39, 0.29) is 28.7 Å². The van der Waals surface area contributed by atoms with E-state index in [1.54, 1.807) is 6.92 Å². The number of hydrogen-bond acceptors (Lipinski definition) is 6. The Morgan fingerprint density at radius 3 is 2.89 bits per heavy atom. The van der Waals surface area contributed by atoms with E-state index in [0.717, 1.165) is 31.5 Å². The number of carbonyl (C=O) groups excluding carboxylic acids is 1. The average molecular weight is 388 g/mol. The normalized spacial score (nSPS) is 15.2. The van der Waals surface area contributed by atoms with E-state index >= 15 is 0 Å². The first kappa shape index (κ1) is 18.1. The van der Waals surface area contributed by atoms with Crippen LogP contribution < -0.4 is 10.6 Å². The summed E-state index contributed by atoms with van der Waals surface area (Å²) in [7, 11) is 0. The molecule has 1 atom stereocenters. The van der Waals surface area contributed by atoms with Gasteiger partial charge < -0.3 is 15.7 Å². The zero-order valence-corrected chi connectivity index (χ0v) is 15.0. The van der Waals surface area contributed by atoms with Crippen molar-refractivity contribution in [3.63, 3.8) is 0 Å². The van der Waals surface area contributed by atoms with Gasteiger partial charge in [-0.05, 0) is 38.3 Å². The molecule has 0 radical (unpaired) electrons. The van der Waals surface area contributed by atoms with Crippen LogP contribution in [0.5, 0.6) is 5.88 Å². The van der Waals surface area contributed by atoms with E-state index in [1.165, 1.54) is 16.8 Å². The summed E-state index contributed by atoms with van der Waals surface area (Å²) in [6, 6.07) is 2.20. The number of pyridine rings is 1. The highest BCUT2D eigenvalue weighted by Gasteiger charge is 2.26. The van der Waals surface area contributed by atoms with Gasteiger partial charge in [-0.2, -0.15) is 4.39 Å². The average Bonchev–Trinajstić information content (AvgIpc) is 2.95. The second-order valence-corrected chi connectivity index (χ2v) is 6.78. The van der Waals surface area contributed by atoms with E-state index < -0.39 is 23.7 Å². The number of hydrogen-bond donors (Lipinski definition) is 3. The molecule has 0 aliphatic heterocycles. The second-order valence-electron chi connectivity index (χ2n) is 6.78. The van der Waals surface area contributed by atoms with Crippen LogP contribution in [0.15, 0.2) is 24.5 Å². The minimum atomic E-state index is -0.901. The molecule has 3 aromatic rings. The largest absolute Gasteiger partial charge is 0.493 e. The summed E-state index contributed by atoms with van der Waals surface area (Å²) in [6.45, 7) is 1.68. The Morgan fingerprint density at radius 1 is 1.39 bits per heavy atom. The molecule has 3 aromatic heterocycles. The van der Waals surface area contributed by atoms with Crippen molar-refractivity contribution in [2.24, 2.45) is 0 Å². The molecule has 0 aromatic carbocycles. The van der Waals surface area contributed by atoms with E-state index in [9.17, 15) is 18.7 Å². The minimum absolute atomic E-state index is 0.0478. The summed E-state index contributed by atoms with van der Waals surface area (Å²) in [5.41, 5.74) is 0.0795. The van der Waals surface area contributed by atoms with Crippen LogP contribution in [0.2, 0.25) is 0 Å². The minimum Gasteiger partial charge on any atom is -0.493 e.